The maximum Gasteiger partial charge on any atom is 0.336 e. The van der Waals surface area contributed by atoms with Crippen molar-refractivity contribution in [1.29, 1.82) is 0 Å². The van der Waals surface area contributed by atoms with Crippen molar-refractivity contribution in [2.75, 3.05) is 46.2 Å². The number of carbonyl (C=O) groups is 3. The first-order valence-electron chi connectivity index (χ1n) is 47.6. The standard InChI is InChI=1S/C94H148O42/c1-15-89(10,117)25-17-19-41(3)76(114)131-75-72(130-77(115)44(34-95)20-18-26-90(11,118)16-2)56(100)42(4)125-84(75)124-40-52-61(105)63(107)74(135-81-68(112)64(108)70(43(5)126-81)132-80-69(113)71(50(99)38-121-80)133-78-65(109)57(101)47(96)35-119-78)85(128-52)136-86(116)94-31-29-87(6,7)33-46(94)45-21-22-54-91(12)27-24-55(88(8,9)53(91)23-28-93(54,14)92(45,13)30-32-94)129-82-67(111)62(106)60(104)51(127-82)39-123-83-73(59(103)49(98)37-122-83)134-79-66(110)58(102)48(97)36-120-79/h15-16,19-21,42-43,46-75,78-85,95-113,117-118H,1-2,17-18,22-40H2,3-14H3/b41-19+,44-20+/t42-,43-,46-,47-,48-,49-,50-,51-,52-,53+,54-,55-,56-,57+,58+,59+,60-,61-,62+,63+,64-,65-,66-,67-,68-,69-,70-,71+,72+,73-,74-,75-,78+,79+,80+,81+,82+,83+,84-,85+,89+,90+,91+,92+,93+,94+/m0/s1. The molecule has 0 aromatic heterocycles. The molecule has 0 spiro atoms. The Kier molecular flexibility index (Phi) is 34.6. The minimum absolute atomic E-state index is 0.0225. The summed E-state index contributed by atoms with van der Waals surface area (Å²) in [7, 11) is 0. The summed E-state index contributed by atoms with van der Waals surface area (Å²) in [6, 6.07) is 0. The largest absolute Gasteiger partial charge is 0.452 e. The maximum absolute atomic E-state index is 16.5. The Labute approximate surface area is 789 Å². The fraction of sp³-hybridized carbons (Fsp3) is 0.862. The zero-order chi connectivity index (χ0) is 99.7. The zero-order valence-corrected chi connectivity index (χ0v) is 79.2. The van der Waals surface area contributed by atoms with E-state index in [0.29, 0.717) is 51.4 Å². The highest BCUT2D eigenvalue weighted by atomic mass is 16.8. The van der Waals surface area contributed by atoms with Gasteiger partial charge in [-0.05, 0) is 169 Å². The lowest BCUT2D eigenvalue weighted by Crippen LogP contribution is -2.67. The van der Waals surface area contributed by atoms with Gasteiger partial charge >= 0.3 is 17.9 Å². The Morgan fingerprint density at radius 2 is 0.941 bits per heavy atom. The van der Waals surface area contributed by atoms with Crippen LogP contribution in [0.3, 0.4) is 0 Å². The van der Waals surface area contributed by atoms with Gasteiger partial charge in [-0.2, -0.15) is 0 Å². The molecule has 21 N–H and O–H groups in total. The van der Waals surface area contributed by atoms with E-state index in [1.54, 1.807) is 0 Å². The zero-order valence-electron chi connectivity index (χ0n) is 79.2. The average molecular weight is 1950 g/mol. The number of carbonyl (C=O) groups excluding carboxylic acids is 3. The summed E-state index contributed by atoms with van der Waals surface area (Å²) in [5.74, 6) is -3.51. The van der Waals surface area contributed by atoms with Crippen molar-refractivity contribution in [1.82, 2.24) is 0 Å². The molecule has 13 rings (SSSR count). The summed E-state index contributed by atoms with van der Waals surface area (Å²) in [5.41, 5.74) is -5.70. The lowest BCUT2D eigenvalue weighted by atomic mass is 9.33. The molecule has 46 atom stereocenters. The first-order chi connectivity index (χ1) is 63.7. The topological polar surface area (TPSA) is 642 Å². The van der Waals surface area contributed by atoms with Crippen molar-refractivity contribution < 1.29 is 207 Å². The van der Waals surface area contributed by atoms with Crippen molar-refractivity contribution in [3.8, 4) is 0 Å². The number of allylic oxidation sites excluding steroid dienone is 4. The smallest absolute Gasteiger partial charge is 0.336 e. The Morgan fingerprint density at radius 1 is 0.456 bits per heavy atom. The van der Waals surface area contributed by atoms with E-state index in [-0.39, 0.29) is 72.3 Å². The average Bonchev–Trinajstić information content (AvgIpc) is 0.673. The summed E-state index contributed by atoms with van der Waals surface area (Å²) in [6.45, 7) is 25.6. The van der Waals surface area contributed by atoms with Crippen LogP contribution in [-0.4, -0.2) is 410 Å². The molecule has 0 amide bonds. The van der Waals surface area contributed by atoms with Crippen LogP contribution in [0.5, 0.6) is 0 Å². The molecule has 776 valence electrons. The predicted octanol–water partition coefficient (Wildman–Crippen LogP) is -2.73. The van der Waals surface area contributed by atoms with Gasteiger partial charge in [0.2, 0.25) is 6.29 Å². The van der Waals surface area contributed by atoms with Crippen molar-refractivity contribution in [2.45, 2.75) is 412 Å². The fourth-order valence-electron chi connectivity index (χ4n) is 23.3. The second-order valence-corrected chi connectivity index (χ2v) is 42.5. The second kappa shape index (κ2) is 43.1. The van der Waals surface area contributed by atoms with Crippen molar-refractivity contribution in [3.63, 3.8) is 0 Å². The fourth-order valence-corrected chi connectivity index (χ4v) is 23.3. The van der Waals surface area contributed by atoms with Gasteiger partial charge in [0.1, 0.15) is 140 Å². The molecular weight excluding hydrogens is 1800 g/mol. The van der Waals surface area contributed by atoms with E-state index >= 15 is 4.79 Å². The van der Waals surface area contributed by atoms with Crippen molar-refractivity contribution >= 4 is 17.9 Å². The lowest BCUT2D eigenvalue weighted by molar-refractivity contribution is -0.381. The summed E-state index contributed by atoms with van der Waals surface area (Å²) < 4.78 is 109. The molecule has 8 saturated heterocycles. The van der Waals surface area contributed by atoms with Gasteiger partial charge in [-0.15, -0.1) is 13.2 Å². The van der Waals surface area contributed by atoms with E-state index in [1.165, 1.54) is 58.9 Å². The lowest BCUT2D eigenvalue weighted by Gasteiger charge is -2.71. The predicted molar refractivity (Wildman–Crippen MR) is 463 cm³/mol. The highest BCUT2D eigenvalue weighted by Crippen LogP contribution is 2.76. The molecule has 0 bridgehead atoms. The first-order valence-corrected chi connectivity index (χ1v) is 47.6. The van der Waals surface area contributed by atoms with Crippen LogP contribution in [0.1, 0.15) is 173 Å². The van der Waals surface area contributed by atoms with Gasteiger partial charge in [0.05, 0.1) is 86.8 Å². The third-order valence-electron chi connectivity index (χ3n) is 32.4. The SMILES string of the molecule is C=C[C@@](C)(O)CC/C=C(\C)C(=O)O[C@@H]1[C@@H](OC[C@@H]2O[C@H](OC(=O)[C@@]34CCC(C)(C)C[C@H]3C3=CC[C@H]5[C@]6(C)CC[C@H](O[C@H]7O[C@@H](CO[C@H]8OC[C@H](O)[C@@H](O)[C@@H]8O[C@H]8OC[C@H](O)[C@@H](O)[C@@H]8O)[C@H](O)[C@@H](O)[C@@H]7O)C(C)(C)[C@H]6CC[C@@]5(C)[C@]3(C)CC4)[C@@H](O[C@H]3O[C@@H](C)[C@H](O[C@H]4OC[C@H](O)[C@@H](O[C@H]5OC[C@H](O)[C@@H](O)[C@@H]5O)[C@@H]4O)[C@@H](O)[C@@H]3O)[C@H](O)[C@H]2O)O[C@@H](C)[C@H](O)[C@H]1OC(=O)/C(=C/CC[C@](C)(O)C=C)CO. The van der Waals surface area contributed by atoms with E-state index < -0.39 is 330 Å². The van der Waals surface area contributed by atoms with Crippen LogP contribution in [-0.2, 0) is 99.6 Å². The van der Waals surface area contributed by atoms with Crippen LogP contribution in [0.25, 0.3) is 0 Å². The van der Waals surface area contributed by atoms with E-state index in [0.717, 1.165) is 5.57 Å². The molecule has 12 fully saturated rings. The van der Waals surface area contributed by atoms with Crippen LogP contribution in [0, 0.1) is 50.2 Å². The van der Waals surface area contributed by atoms with Crippen LogP contribution >= 0.6 is 0 Å². The quantitative estimate of drug-likeness (QED) is 0.0110. The van der Waals surface area contributed by atoms with Gasteiger partial charge in [-0.1, -0.05) is 84.4 Å². The second-order valence-electron chi connectivity index (χ2n) is 42.5. The monoisotopic (exact) mass is 1950 g/mol. The van der Waals surface area contributed by atoms with E-state index in [4.69, 9.17) is 85.3 Å². The Morgan fingerprint density at radius 3 is 1.55 bits per heavy atom. The maximum atomic E-state index is 16.5. The van der Waals surface area contributed by atoms with E-state index in [9.17, 15) is 117 Å². The summed E-state index contributed by atoms with van der Waals surface area (Å²) >= 11 is 0. The van der Waals surface area contributed by atoms with E-state index in [2.05, 4.69) is 67.7 Å². The number of esters is 3. The molecule has 136 heavy (non-hydrogen) atoms. The molecule has 0 radical (unpaired) electrons. The normalized spacial score (nSPS) is 48.0. The number of fused-ring (bicyclic) bond motifs is 7. The Bertz CT molecular complexity index is 4150. The van der Waals surface area contributed by atoms with Gasteiger partial charge in [-0.3, -0.25) is 4.79 Å². The number of hydrogen-bond donors (Lipinski definition) is 21. The number of rotatable bonds is 31. The van der Waals surface area contributed by atoms with Gasteiger partial charge in [0, 0.05) is 5.57 Å². The Balaban J connectivity index is 0.759. The molecule has 13 aliphatic rings. The van der Waals surface area contributed by atoms with Gasteiger partial charge < -0.3 is 193 Å². The van der Waals surface area contributed by atoms with E-state index in [1.807, 2.05) is 0 Å². The summed E-state index contributed by atoms with van der Waals surface area (Å²) in [4.78, 5) is 45.0. The molecule has 8 heterocycles. The van der Waals surface area contributed by atoms with Crippen molar-refractivity contribution in [3.05, 3.63) is 60.3 Å². The highest BCUT2D eigenvalue weighted by molar-refractivity contribution is 5.89. The molecule has 0 aromatic rings. The van der Waals surface area contributed by atoms with Crippen LogP contribution in [0.4, 0.5) is 0 Å². The summed E-state index contributed by atoms with van der Waals surface area (Å²) in [5, 5.41) is 234. The third-order valence-corrected chi connectivity index (χ3v) is 32.4. The summed E-state index contributed by atoms with van der Waals surface area (Å²) in [6.07, 6.45) is -50.3. The van der Waals surface area contributed by atoms with Crippen LogP contribution < -0.4 is 0 Å². The molecule has 0 unspecified atom stereocenters. The third kappa shape index (κ3) is 22.0. The Hall–Kier alpha value is -4.33. The number of ether oxygens (including phenoxy) is 18. The van der Waals surface area contributed by atoms with Crippen LogP contribution in [0.15, 0.2) is 60.3 Å². The molecule has 42 heteroatoms. The van der Waals surface area contributed by atoms with Crippen molar-refractivity contribution in [2.24, 2.45) is 50.2 Å². The number of hydrogen-bond acceptors (Lipinski definition) is 42. The highest BCUT2D eigenvalue weighted by Gasteiger charge is 2.71. The molecule has 42 nitrogen and oxygen atoms in total. The minimum Gasteiger partial charge on any atom is -0.452 e. The molecule has 0 aromatic carbocycles. The number of aliphatic hydroxyl groups is 21. The molecule has 8 aliphatic heterocycles. The van der Waals surface area contributed by atoms with Crippen LogP contribution in [0.2, 0.25) is 0 Å². The van der Waals surface area contributed by atoms with Gasteiger partial charge in [0.15, 0.2) is 62.3 Å². The van der Waals surface area contributed by atoms with Gasteiger partial charge in [-0.25, -0.2) is 9.59 Å². The molecular formula is C94H148O42. The molecule has 5 aliphatic carbocycles. The molecule has 4 saturated carbocycles. The minimum atomic E-state index is -2.21. The van der Waals surface area contributed by atoms with Gasteiger partial charge in [0.25, 0.3) is 0 Å². The first kappa shape index (κ1) is 109. The number of aliphatic hydroxyl groups excluding tert-OH is 19.